The van der Waals surface area contributed by atoms with Gasteiger partial charge in [0.05, 0.1) is 0 Å². The molecule has 0 N–H and O–H groups in total. The van der Waals surface area contributed by atoms with E-state index in [9.17, 15) is 0 Å². The van der Waals surface area contributed by atoms with Crippen molar-refractivity contribution in [3.8, 4) is 11.1 Å². The van der Waals surface area contributed by atoms with Crippen molar-refractivity contribution < 1.29 is 46.1 Å². The zero-order chi connectivity index (χ0) is 26.2. The Labute approximate surface area is 260 Å². The molecule has 0 aliphatic heterocycles. The number of halogens is 2. The van der Waals surface area contributed by atoms with E-state index in [1.54, 1.807) is 19.9 Å². The van der Waals surface area contributed by atoms with Crippen LogP contribution in [0.25, 0.3) is 11.1 Å². The minimum Gasteiger partial charge on any atom is -1.00 e. The maximum absolute atomic E-state index is 2.70. The molecule has 0 saturated heterocycles. The van der Waals surface area contributed by atoms with Gasteiger partial charge in [0.15, 0.2) is 0 Å². The van der Waals surface area contributed by atoms with Crippen molar-refractivity contribution in [2.75, 3.05) is 0 Å². The molecule has 0 amide bonds. The van der Waals surface area contributed by atoms with Crippen LogP contribution in [0, 0.1) is 19.8 Å². The van der Waals surface area contributed by atoms with Gasteiger partial charge in [-0.2, -0.15) is 0 Å². The minimum absolute atomic E-state index is 0. The van der Waals surface area contributed by atoms with Gasteiger partial charge in [-0.25, -0.2) is 0 Å². The fraction of sp³-hybridized carbons (Fsp3) is 0.216. The Balaban J connectivity index is 0.00000185. The second kappa shape index (κ2) is 13.1. The van der Waals surface area contributed by atoms with Gasteiger partial charge in [-0.3, -0.25) is 0 Å². The SMILES string of the molecule is CCC1=[C]([Zr+2](=[C](c2ccccc2)c2ccccc2)[CH]2c3cc(C)ccc3-c3ccc(C)cc32)C(CC)C=C1.[Cl-].[Cl-]. The summed E-state index contributed by atoms with van der Waals surface area (Å²) in [7, 11) is 0. The number of rotatable bonds is 6. The normalized spacial score (nSPS) is 15.0. The smallest absolute Gasteiger partial charge is 1.00 e. The van der Waals surface area contributed by atoms with Crippen LogP contribution in [-0.4, -0.2) is 3.21 Å². The Morgan fingerprint density at radius 3 is 1.62 bits per heavy atom. The van der Waals surface area contributed by atoms with Gasteiger partial charge in [0.1, 0.15) is 0 Å². The standard InChI is InChI=1S/C15H13.C13H10.C9H13.2ClH.Zr/c1-10-3-5-14-12(7-10)9-13-8-11(2)4-6-15(13)14;1-3-7-12(8-4-1)11-13-9-5-2-6-10-13;1-3-8-5-6-9(4-2)7-8;;;/h3-9H,1-2H3;1-10H;5-6,8H,3-4H2,1-2H3;2*1H;/q;;;;;+2/p-2. The summed E-state index contributed by atoms with van der Waals surface area (Å²) in [5, 5.41) is 0. The topological polar surface area (TPSA) is 0 Å². The number of benzene rings is 4. The molecule has 0 bridgehead atoms. The first-order chi connectivity index (χ1) is 18.6. The Bertz CT molecular complexity index is 1500. The molecule has 0 heterocycles. The first-order valence-corrected chi connectivity index (χ1v) is 18.0. The van der Waals surface area contributed by atoms with E-state index in [1.807, 2.05) is 3.28 Å². The summed E-state index contributed by atoms with van der Waals surface area (Å²) in [4.78, 5) is 0. The number of hydrogen-bond acceptors (Lipinski definition) is 0. The molecule has 0 radical (unpaired) electrons. The van der Waals surface area contributed by atoms with E-state index in [0.717, 1.165) is 6.42 Å². The van der Waals surface area contributed by atoms with Gasteiger partial charge in [0, 0.05) is 0 Å². The van der Waals surface area contributed by atoms with Crippen molar-refractivity contribution in [1.29, 1.82) is 0 Å². The molecule has 0 nitrogen and oxygen atoms in total. The molecule has 0 spiro atoms. The third-order valence-corrected chi connectivity index (χ3v) is 17.2. The van der Waals surface area contributed by atoms with Crippen molar-refractivity contribution in [3.05, 3.63) is 151 Å². The Morgan fingerprint density at radius 1 is 0.675 bits per heavy atom. The van der Waals surface area contributed by atoms with Crippen molar-refractivity contribution in [2.24, 2.45) is 5.92 Å². The maximum atomic E-state index is 2.52. The average molecular weight is 643 g/mol. The molecule has 0 saturated carbocycles. The minimum atomic E-state index is -2.70. The summed E-state index contributed by atoms with van der Waals surface area (Å²) in [5.41, 5.74) is 13.2. The van der Waals surface area contributed by atoms with E-state index in [0.29, 0.717) is 9.54 Å². The van der Waals surface area contributed by atoms with Crippen molar-refractivity contribution in [1.82, 2.24) is 0 Å². The summed E-state index contributed by atoms with van der Waals surface area (Å²) < 4.78 is 3.92. The monoisotopic (exact) mass is 640 g/mol. The first-order valence-electron chi connectivity index (χ1n) is 14.1. The van der Waals surface area contributed by atoms with Crippen LogP contribution >= 0.6 is 0 Å². The number of hydrogen-bond donors (Lipinski definition) is 0. The Hall–Kier alpha value is -2.31. The van der Waals surface area contributed by atoms with E-state index >= 15 is 0 Å². The number of fused-ring (bicyclic) bond motifs is 3. The van der Waals surface area contributed by atoms with Crippen molar-refractivity contribution in [2.45, 2.75) is 44.2 Å². The summed E-state index contributed by atoms with van der Waals surface area (Å²) in [6, 6.07) is 37.1. The largest absolute Gasteiger partial charge is 1.00 e. The molecule has 4 aromatic carbocycles. The van der Waals surface area contributed by atoms with E-state index < -0.39 is 21.3 Å². The molecule has 40 heavy (non-hydrogen) atoms. The van der Waals surface area contributed by atoms with Gasteiger partial charge in [-0.1, -0.05) is 0 Å². The second-order valence-corrected chi connectivity index (χ2v) is 16.8. The van der Waals surface area contributed by atoms with Gasteiger partial charge in [0.25, 0.3) is 0 Å². The van der Waals surface area contributed by atoms with Gasteiger partial charge in [-0.05, 0) is 0 Å². The number of aryl methyl sites for hydroxylation is 2. The molecule has 3 heteroatoms. The third-order valence-electron chi connectivity index (χ3n) is 8.37. The van der Waals surface area contributed by atoms with Crippen LogP contribution in [0.3, 0.4) is 0 Å². The molecule has 1 atom stereocenters. The third kappa shape index (κ3) is 5.46. The zero-order valence-electron chi connectivity index (χ0n) is 23.7. The molecule has 0 fully saturated rings. The summed E-state index contributed by atoms with van der Waals surface area (Å²) >= 11 is -2.70. The first kappa shape index (κ1) is 30.6. The quantitative estimate of drug-likeness (QED) is 0.302. The van der Waals surface area contributed by atoms with Crippen molar-refractivity contribution in [3.63, 3.8) is 0 Å². The molecular weight excluding hydrogens is 607 g/mol. The van der Waals surface area contributed by atoms with Crippen LogP contribution in [-0.2, 0) is 21.3 Å². The van der Waals surface area contributed by atoms with Gasteiger partial charge >= 0.3 is 237 Å². The second-order valence-electron chi connectivity index (χ2n) is 10.8. The summed E-state index contributed by atoms with van der Waals surface area (Å²) in [6.07, 6.45) is 7.27. The average Bonchev–Trinajstić information content (AvgIpc) is 3.50. The molecular formula is C37H36Cl2Zr. The van der Waals surface area contributed by atoms with Gasteiger partial charge in [0.2, 0.25) is 0 Å². The fourth-order valence-electron chi connectivity index (χ4n) is 6.61. The maximum Gasteiger partial charge on any atom is -1.00 e. The van der Waals surface area contributed by atoms with Crippen LogP contribution in [0.15, 0.2) is 118 Å². The van der Waals surface area contributed by atoms with E-state index in [-0.39, 0.29) is 24.8 Å². The van der Waals surface area contributed by atoms with E-state index in [4.69, 9.17) is 0 Å². The molecule has 4 aromatic rings. The Kier molecular flexibility index (Phi) is 10.1. The van der Waals surface area contributed by atoms with Crippen LogP contribution < -0.4 is 24.8 Å². The molecule has 6 rings (SSSR count). The van der Waals surface area contributed by atoms with Crippen LogP contribution in [0.5, 0.6) is 0 Å². The molecule has 202 valence electrons. The summed E-state index contributed by atoms with van der Waals surface area (Å²) in [5.74, 6) is 0.545. The van der Waals surface area contributed by atoms with E-state index in [1.165, 1.54) is 39.8 Å². The fourth-order valence-corrected chi connectivity index (χ4v) is 17.0. The van der Waals surface area contributed by atoms with Gasteiger partial charge in [-0.15, -0.1) is 0 Å². The van der Waals surface area contributed by atoms with Crippen LogP contribution in [0.2, 0.25) is 0 Å². The molecule has 2 aliphatic rings. The van der Waals surface area contributed by atoms with Gasteiger partial charge < -0.3 is 24.8 Å². The molecule has 2 aliphatic carbocycles. The van der Waals surface area contributed by atoms with Crippen LogP contribution in [0.4, 0.5) is 0 Å². The summed E-state index contributed by atoms with van der Waals surface area (Å²) in [6.45, 7) is 9.25. The predicted molar refractivity (Wildman–Crippen MR) is 160 cm³/mol. The predicted octanol–water partition coefficient (Wildman–Crippen LogP) is 3.53. The molecule has 0 aromatic heterocycles. The molecule has 1 unspecified atom stereocenters. The van der Waals surface area contributed by atoms with Crippen LogP contribution in [0.1, 0.15) is 63.7 Å². The van der Waals surface area contributed by atoms with Crippen molar-refractivity contribution >= 4 is 3.21 Å². The van der Waals surface area contributed by atoms with E-state index in [2.05, 4.69) is 137 Å². The Morgan fingerprint density at radius 2 is 1.18 bits per heavy atom. The number of allylic oxidation sites excluding steroid dienone is 4. The zero-order valence-corrected chi connectivity index (χ0v) is 27.7.